The minimum Gasteiger partial charge on any atom is -0.490 e. The van der Waals surface area contributed by atoms with E-state index < -0.39 is 23.3 Å². The van der Waals surface area contributed by atoms with Crippen molar-refractivity contribution in [1.82, 2.24) is 0 Å². The van der Waals surface area contributed by atoms with Gasteiger partial charge in [0.05, 0.1) is 25.4 Å². The number of rotatable bonds is 14. The molecule has 2 aromatic carbocycles. The average Bonchev–Trinajstić information content (AvgIpc) is 2.99. The van der Waals surface area contributed by atoms with Gasteiger partial charge < -0.3 is 14.2 Å². The molecular weight excluding hydrogens is 532 g/mol. The number of ether oxygens (including phenoxy) is 3. The van der Waals surface area contributed by atoms with Crippen LogP contribution in [0.2, 0.25) is 0 Å². The largest absolute Gasteiger partial charge is 0.490 e. The second kappa shape index (κ2) is 15.7. The maximum Gasteiger partial charge on any atom is 0.200 e. The maximum atomic E-state index is 15.3. The summed E-state index contributed by atoms with van der Waals surface area (Å²) in [6.07, 6.45) is 11.4. The van der Waals surface area contributed by atoms with Crippen molar-refractivity contribution in [2.45, 2.75) is 115 Å². The summed E-state index contributed by atoms with van der Waals surface area (Å²) in [4.78, 5) is 0. The summed E-state index contributed by atoms with van der Waals surface area (Å²) in [6, 6.07) is 6.46. The Kier molecular flexibility index (Phi) is 12.1. The molecule has 0 atom stereocenters. The highest BCUT2D eigenvalue weighted by Crippen LogP contribution is 2.40. The summed E-state index contributed by atoms with van der Waals surface area (Å²) in [7, 11) is 0. The van der Waals surface area contributed by atoms with E-state index in [2.05, 4.69) is 13.5 Å². The van der Waals surface area contributed by atoms with Crippen molar-refractivity contribution in [1.29, 1.82) is 0 Å². The van der Waals surface area contributed by atoms with Crippen molar-refractivity contribution < 1.29 is 31.8 Å². The zero-order valence-corrected chi connectivity index (χ0v) is 24.2. The number of benzene rings is 2. The van der Waals surface area contributed by atoms with Crippen molar-refractivity contribution in [2.75, 3.05) is 13.2 Å². The fraction of sp³-hybridized carbons (Fsp3) is 0.588. The van der Waals surface area contributed by atoms with Crippen LogP contribution in [-0.2, 0) is 16.1 Å². The zero-order valence-electron chi connectivity index (χ0n) is 24.2. The Morgan fingerprint density at radius 2 is 1.29 bits per heavy atom. The molecule has 2 aromatic rings. The van der Waals surface area contributed by atoms with Crippen molar-refractivity contribution in [3.8, 4) is 5.75 Å². The van der Waals surface area contributed by atoms with Crippen molar-refractivity contribution in [3.63, 3.8) is 0 Å². The lowest BCUT2D eigenvalue weighted by Gasteiger charge is -2.31. The highest BCUT2D eigenvalue weighted by molar-refractivity contribution is 5.32. The van der Waals surface area contributed by atoms with Gasteiger partial charge in [-0.05, 0) is 106 Å². The molecule has 0 N–H and O–H groups in total. The maximum absolute atomic E-state index is 15.3. The van der Waals surface area contributed by atoms with Gasteiger partial charge in [-0.25, -0.2) is 13.2 Å². The van der Waals surface area contributed by atoms with Crippen LogP contribution in [0.4, 0.5) is 17.6 Å². The van der Waals surface area contributed by atoms with Gasteiger partial charge in [0.25, 0.3) is 0 Å². The van der Waals surface area contributed by atoms with Crippen LogP contribution in [0.15, 0.2) is 36.9 Å². The van der Waals surface area contributed by atoms with E-state index in [0.29, 0.717) is 43.2 Å². The lowest BCUT2D eigenvalue weighted by molar-refractivity contribution is 0.0116. The topological polar surface area (TPSA) is 27.7 Å². The monoisotopic (exact) mass is 576 g/mol. The molecule has 2 aliphatic rings. The standard InChI is InChI=1S/C34H44F4O3/c1-3-5-7-21-40-30-19-12-25(31(35)34(30)38)22-41-27-15-10-24(11-16-27)29-18-17-28(32(36)33(29)37)23-8-13-26(14-9-23)39-20-6-4-2/h3,12,17-19,23-24,26-27H,1,4-11,13-16,20-22H2,2H3. The first kappa shape index (κ1) is 31.6. The van der Waals surface area contributed by atoms with Gasteiger partial charge in [0.2, 0.25) is 5.82 Å². The molecule has 0 aromatic heterocycles. The van der Waals surface area contributed by atoms with E-state index in [0.717, 1.165) is 51.6 Å². The third-order valence-corrected chi connectivity index (χ3v) is 8.63. The van der Waals surface area contributed by atoms with E-state index in [1.807, 2.05) is 0 Å². The van der Waals surface area contributed by atoms with Gasteiger partial charge in [-0.1, -0.05) is 31.6 Å². The molecule has 0 saturated heterocycles. The molecule has 4 rings (SSSR count). The summed E-state index contributed by atoms with van der Waals surface area (Å²) in [5.74, 6) is -3.58. The van der Waals surface area contributed by atoms with Crippen LogP contribution in [0.5, 0.6) is 5.75 Å². The molecule has 0 heterocycles. The van der Waals surface area contributed by atoms with Gasteiger partial charge >= 0.3 is 0 Å². The molecular formula is C34H44F4O3. The molecule has 41 heavy (non-hydrogen) atoms. The molecule has 0 amide bonds. The smallest absolute Gasteiger partial charge is 0.200 e. The van der Waals surface area contributed by atoms with Gasteiger partial charge in [0.15, 0.2) is 23.2 Å². The Hall–Kier alpha value is -2.38. The predicted molar refractivity (Wildman–Crippen MR) is 153 cm³/mol. The lowest BCUT2D eigenvalue weighted by atomic mass is 9.79. The van der Waals surface area contributed by atoms with Crippen LogP contribution in [0.1, 0.15) is 112 Å². The third-order valence-electron chi connectivity index (χ3n) is 8.63. The Labute approximate surface area is 242 Å². The normalized spacial score (nSPS) is 23.0. The first-order valence-corrected chi connectivity index (χ1v) is 15.3. The Bertz CT molecular complexity index is 1120. The van der Waals surface area contributed by atoms with E-state index in [1.54, 1.807) is 18.2 Å². The summed E-state index contributed by atoms with van der Waals surface area (Å²) in [5.41, 5.74) is 1.05. The van der Waals surface area contributed by atoms with Crippen LogP contribution in [-0.4, -0.2) is 25.4 Å². The van der Waals surface area contributed by atoms with E-state index >= 15 is 8.78 Å². The predicted octanol–water partition coefficient (Wildman–Crippen LogP) is 9.67. The molecule has 0 bridgehead atoms. The molecule has 0 unspecified atom stereocenters. The summed E-state index contributed by atoms with van der Waals surface area (Å²) in [6.45, 7) is 6.76. The molecule has 0 aliphatic heterocycles. The molecule has 226 valence electrons. The van der Waals surface area contributed by atoms with Crippen LogP contribution >= 0.6 is 0 Å². The zero-order chi connectivity index (χ0) is 29.2. The van der Waals surface area contributed by atoms with Crippen molar-refractivity contribution >= 4 is 0 Å². The van der Waals surface area contributed by atoms with Crippen molar-refractivity contribution in [3.05, 3.63) is 76.9 Å². The van der Waals surface area contributed by atoms with Crippen molar-refractivity contribution in [2.24, 2.45) is 0 Å². The highest BCUT2D eigenvalue weighted by Gasteiger charge is 2.30. The number of hydrogen-bond donors (Lipinski definition) is 0. The quantitative estimate of drug-likeness (QED) is 0.127. The number of allylic oxidation sites excluding steroid dienone is 1. The second-order valence-electron chi connectivity index (χ2n) is 11.5. The fourth-order valence-corrected chi connectivity index (χ4v) is 6.10. The molecule has 7 heteroatoms. The summed E-state index contributed by atoms with van der Waals surface area (Å²) >= 11 is 0. The average molecular weight is 577 g/mol. The second-order valence-corrected chi connectivity index (χ2v) is 11.5. The molecule has 0 spiro atoms. The SMILES string of the molecule is C=CCCCOc1ccc(COC2CCC(c3ccc(C4CCC(OCCCC)CC4)c(F)c3F)CC2)c(F)c1F. The molecule has 2 fully saturated rings. The van der Waals surface area contributed by atoms with Crippen LogP contribution < -0.4 is 4.74 Å². The first-order chi connectivity index (χ1) is 19.9. The van der Waals surface area contributed by atoms with E-state index in [-0.39, 0.29) is 48.6 Å². The fourth-order valence-electron chi connectivity index (χ4n) is 6.10. The molecule has 2 aliphatic carbocycles. The van der Waals surface area contributed by atoms with E-state index in [1.165, 1.54) is 12.1 Å². The van der Waals surface area contributed by atoms with Crippen LogP contribution in [0.25, 0.3) is 0 Å². The van der Waals surface area contributed by atoms with Gasteiger partial charge in [0.1, 0.15) is 0 Å². The van der Waals surface area contributed by atoms with Crippen LogP contribution in [0.3, 0.4) is 0 Å². The van der Waals surface area contributed by atoms with Crippen LogP contribution in [0, 0.1) is 23.3 Å². The van der Waals surface area contributed by atoms with Gasteiger partial charge in [0, 0.05) is 12.2 Å². The van der Waals surface area contributed by atoms with Gasteiger partial charge in [-0.2, -0.15) is 4.39 Å². The third kappa shape index (κ3) is 8.35. The molecule has 3 nitrogen and oxygen atoms in total. The summed E-state index contributed by atoms with van der Waals surface area (Å²) in [5, 5.41) is 0. The van der Waals surface area contributed by atoms with E-state index in [9.17, 15) is 8.78 Å². The minimum absolute atomic E-state index is 0.0248. The van der Waals surface area contributed by atoms with Gasteiger partial charge in [-0.15, -0.1) is 6.58 Å². The van der Waals surface area contributed by atoms with E-state index in [4.69, 9.17) is 14.2 Å². The number of unbranched alkanes of at least 4 members (excludes halogenated alkanes) is 2. The Morgan fingerprint density at radius 1 is 0.707 bits per heavy atom. The minimum atomic E-state index is -1.01. The Balaban J connectivity index is 1.26. The summed E-state index contributed by atoms with van der Waals surface area (Å²) < 4.78 is 76.6. The number of hydrogen-bond acceptors (Lipinski definition) is 3. The Morgan fingerprint density at radius 3 is 1.85 bits per heavy atom. The number of halogens is 4. The lowest BCUT2D eigenvalue weighted by Crippen LogP contribution is -2.23. The molecule has 2 saturated carbocycles. The van der Waals surface area contributed by atoms with Gasteiger partial charge in [-0.3, -0.25) is 0 Å². The highest BCUT2D eigenvalue weighted by atomic mass is 19.2. The molecule has 0 radical (unpaired) electrons. The first-order valence-electron chi connectivity index (χ1n) is 15.3.